The van der Waals surface area contributed by atoms with Gasteiger partial charge in [-0.05, 0) is 45.5 Å². The van der Waals surface area contributed by atoms with E-state index in [1.807, 2.05) is 0 Å². The lowest BCUT2D eigenvalue weighted by Gasteiger charge is -2.22. The van der Waals surface area contributed by atoms with Crippen LogP contribution in [0.25, 0.3) is 21.5 Å². The van der Waals surface area contributed by atoms with Crippen LogP contribution in [0.2, 0.25) is 19.6 Å². The average Bonchev–Trinajstić information content (AvgIpc) is 2.73. The van der Waals surface area contributed by atoms with Crippen molar-refractivity contribution in [3.05, 3.63) is 47.5 Å². The van der Waals surface area contributed by atoms with Gasteiger partial charge in [-0.1, -0.05) is 69.4 Å². The molecule has 2 aromatic carbocycles. The summed E-state index contributed by atoms with van der Waals surface area (Å²) >= 11 is 0. The summed E-state index contributed by atoms with van der Waals surface area (Å²) < 4.78 is 0. The van der Waals surface area contributed by atoms with Crippen LogP contribution in [0.1, 0.15) is 37.3 Å². The zero-order chi connectivity index (χ0) is 14.3. The Morgan fingerprint density at radius 1 is 0.900 bits per heavy atom. The van der Waals surface area contributed by atoms with E-state index in [1.54, 1.807) is 10.8 Å². The van der Waals surface area contributed by atoms with E-state index in [1.165, 1.54) is 41.2 Å². The van der Waals surface area contributed by atoms with Crippen LogP contribution >= 0.6 is 0 Å². The van der Waals surface area contributed by atoms with Crippen LogP contribution < -0.4 is 0 Å². The molecular formula is C19H24Si. The second-order valence-electron chi connectivity index (χ2n) is 6.92. The Kier molecular flexibility index (Phi) is 3.33. The number of allylic oxidation sites excluding steroid dienone is 1. The van der Waals surface area contributed by atoms with Crippen LogP contribution in [0.5, 0.6) is 0 Å². The van der Waals surface area contributed by atoms with E-state index in [2.05, 4.69) is 63.0 Å². The highest BCUT2D eigenvalue weighted by atomic mass is 28.3. The monoisotopic (exact) mass is 280 g/mol. The molecule has 0 saturated heterocycles. The van der Waals surface area contributed by atoms with Crippen LogP contribution in [0.4, 0.5) is 0 Å². The molecule has 0 aromatic heterocycles. The summed E-state index contributed by atoms with van der Waals surface area (Å²) in [7, 11) is -1.33. The summed E-state index contributed by atoms with van der Waals surface area (Å²) in [5.74, 6) is 0. The van der Waals surface area contributed by atoms with Gasteiger partial charge in [0.25, 0.3) is 0 Å². The van der Waals surface area contributed by atoms with Crippen molar-refractivity contribution in [3.8, 4) is 0 Å². The number of unbranched alkanes of at least 4 members (excludes halogenated alkanes) is 1. The van der Waals surface area contributed by atoms with Gasteiger partial charge in [0.2, 0.25) is 0 Å². The first-order valence-corrected chi connectivity index (χ1v) is 11.3. The lowest BCUT2D eigenvalue weighted by atomic mass is 10.00. The molecule has 0 N–H and O–H groups in total. The van der Waals surface area contributed by atoms with Crippen molar-refractivity contribution in [2.45, 2.75) is 45.8 Å². The Labute approximate surface area is 123 Å². The van der Waals surface area contributed by atoms with Gasteiger partial charge in [0.05, 0.1) is 8.07 Å². The molecule has 20 heavy (non-hydrogen) atoms. The van der Waals surface area contributed by atoms with Crippen molar-refractivity contribution in [3.63, 3.8) is 0 Å². The summed E-state index contributed by atoms with van der Waals surface area (Å²) in [6.45, 7) is 9.74. The van der Waals surface area contributed by atoms with E-state index in [4.69, 9.17) is 0 Å². The maximum Gasteiger partial charge on any atom is 0.0788 e. The van der Waals surface area contributed by atoms with Crippen molar-refractivity contribution >= 4 is 29.6 Å². The van der Waals surface area contributed by atoms with E-state index in [0.717, 1.165) is 0 Å². The highest BCUT2D eigenvalue weighted by molar-refractivity contribution is 6.95. The van der Waals surface area contributed by atoms with Gasteiger partial charge in [-0.15, -0.1) is 0 Å². The Morgan fingerprint density at radius 2 is 1.55 bits per heavy atom. The fourth-order valence-electron chi connectivity index (χ4n) is 3.57. The molecule has 1 heteroatoms. The molecule has 1 aliphatic carbocycles. The van der Waals surface area contributed by atoms with Gasteiger partial charge in [0.15, 0.2) is 0 Å². The summed E-state index contributed by atoms with van der Waals surface area (Å²) in [5, 5.41) is 4.62. The third-order valence-electron chi connectivity index (χ3n) is 4.33. The van der Waals surface area contributed by atoms with E-state index in [9.17, 15) is 0 Å². The predicted octanol–water partition coefficient (Wildman–Crippen LogP) is 6.13. The molecule has 0 radical (unpaired) electrons. The van der Waals surface area contributed by atoms with Gasteiger partial charge in [0.1, 0.15) is 0 Å². The zero-order valence-electron chi connectivity index (χ0n) is 13.1. The minimum Gasteiger partial charge on any atom is -0.0656 e. The Bertz CT molecular complexity index is 681. The molecule has 0 fully saturated rings. The van der Waals surface area contributed by atoms with E-state index < -0.39 is 8.07 Å². The molecule has 0 saturated carbocycles. The van der Waals surface area contributed by atoms with Gasteiger partial charge < -0.3 is 0 Å². The van der Waals surface area contributed by atoms with Gasteiger partial charge >= 0.3 is 0 Å². The third kappa shape index (κ3) is 2.05. The number of rotatable bonds is 4. The lowest BCUT2D eigenvalue weighted by Crippen LogP contribution is -2.22. The molecule has 3 rings (SSSR count). The normalized spacial score (nSPS) is 14.4. The van der Waals surface area contributed by atoms with Crippen molar-refractivity contribution in [2.24, 2.45) is 0 Å². The van der Waals surface area contributed by atoms with Gasteiger partial charge in [0, 0.05) is 0 Å². The van der Waals surface area contributed by atoms with Crippen molar-refractivity contribution in [1.82, 2.24) is 0 Å². The summed E-state index contributed by atoms with van der Waals surface area (Å²) in [6, 6.07) is 13.6. The Hall–Kier alpha value is -1.34. The first-order valence-electron chi connectivity index (χ1n) is 7.80. The molecule has 0 bridgehead atoms. The molecule has 0 heterocycles. The fourth-order valence-corrected chi connectivity index (χ4v) is 5.75. The molecular weight excluding hydrogens is 256 g/mol. The molecule has 0 nitrogen and oxygen atoms in total. The summed E-state index contributed by atoms with van der Waals surface area (Å²) in [6.07, 6.45) is 3.81. The predicted molar refractivity (Wildman–Crippen MR) is 93.6 cm³/mol. The van der Waals surface area contributed by atoms with Crippen LogP contribution in [0.15, 0.2) is 36.4 Å². The molecule has 1 aliphatic rings. The maximum absolute atomic E-state index is 2.49. The van der Waals surface area contributed by atoms with Crippen molar-refractivity contribution in [2.75, 3.05) is 0 Å². The standard InChI is InChI=1S/C19H24Si/c1-5-6-11-16-15-12-7-9-14-10-8-13-17(18(14)15)19(16)20(2,3)4/h7-10,12-13H,5-6,11H2,1-4H3. The van der Waals surface area contributed by atoms with Crippen LogP contribution in [0.3, 0.4) is 0 Å². The average molecular weight is 280 g/mol. The third-order valence-corrected chi connectivity index (χ3v) is 6.40. The highest BCUT2D eigenvalue weighted by Gasteiger charge is 2.31. The van der Waals surface area contributed by atoms with Gasteiger partial charge in [-0.2, -0.15) is 0 Å². The lowest BCUT2D eigenvalue weighted by molar-refractivity contribution is 0.826. The van der Waals surface area contributed by atoms with Gasteiger partial charge in [-0.3, -0.25) is 0 Å². The van der Waals surface area contributed by atoms with E-state index in [0.29, 0.717) is 0 Å². The van der Waals surface area contributed by atoms with Gasteiger partial charge in [-0.25, -0.2) is 0 Å². The minimum absolute atomic E-state index is 1.24. The molecule has 0 aliphatic heterocycles. The maximum atomic E-state index is 2.49. The second-order valence-corrected chi connectivity index (χ2v) is 11.9. The largest absolute Gasteiger partial charge is 0.0788 e. The number of hydrogen-bond donors (Lipinski definition) is 0. The van der Waals surface area contributed by atoms with Crippen molar-refractivity contribution < 1.29 is 0 Å². The molecule has 0 spiro atoms. The molecule has 0 amide bonds. The highest BCUT2D eigenvalue weighted by Crippen LogP contribution is 2.47. The molecule has 104 valence electrons. The summed E-state index contributed by atoms with van der Waals surface area (Å²) in [4.78, 5) is 0. The molecule has 2 aromatic rings. The quantitative estimate of drug-likeness (QED) is 0.591. The number of benzene rings is 2. The molecule has 0 unspecified atom stereocenters. The Morgan fingerprint density at radius 3 is 2.15 bits per heavy atom. The first kappa shape index (κ1) is 13.6. The van der Waals surface area contributed by atoms with E-state index >= 15 is 0 Å². The topological polar surface area (TPSA) is 0 Å². The van der Waals surface area contributed by atoms with Crippen LogP contribution in [-0.2, 0) is 0 Å². The smallest absolute Gasteiger partial charge is 0.0656 e. The van der Waals surface area contributed by atoms with Crippen molar-refractivity contribution in [1.29, 1.82) is 0 Å². The van der Waals surface area contributed by atoms with Crippen LogP contribution in [-0.4, -0.2) is 8.07 Å². The zero-order valence-corrected chi connectivity index (χ0v) is 14.1. The van der Waals surface area contributed by atoms with Crippen LogP contribution in [0, 0.1) is 0 Å². The Balaban J connectivity index is 2.29. The SMILES string of the molecule is CCCCC1=C([Si](C)(C)C)c2cccc3cccc1c23. The fraction of sp³-hybridized carbons (Fsp3) is 0.368. The molecule has 0 atom stereocenters. The number of hydrogen-bond acceptors (Lipinski definition) is 0. The summed E-state index contributed by atoms with van der Waals surface area (Å²) in [5.41, 5.74) is 4.70. The minimum atomic E-state index is -1.33. The first-order chi connectivity index (χ1) is 9.54. The van der Waals surface area contributed by atoms with E-state index in [-0.39, 0.29) is 0 Å². The second kappa shape index (κ2) is 4.89.